The van der Waals surface area contributed by atoms with Crippen molar-refractivity contribution in [3.05, 3.63) is 9.39 Å². The van der Waals surface area contributed by atoms with E-state index in [1.54, 1.807) is 7.11 Å². The molecule has 0 amide bonds. The summed E-state index contributed by atoms with van der Waals surface area (Å²) in [4.78, 5) is 0. The Balaban J connectivity index is 2.79. The summed E-state index contributed by atoms with van der Waals surface area (Å²) >= 11 is 2.19. The number of nitrogens with zero attached hydrogens (tertiary/aromatic N) is 2. The third-order valence-corrected chi connectivity index (χ3v) is 2.75. The first kappa shape index (κ1) is 9.79. The van der Waals surface area contributed by atoms with Crippen LogP contribution in [0.2, 0.25) is 0 Å². The summed E-state index contributed by atoms with van der Waals surface area (Å²) in [5, 5.41) is 4.25. The SMILES string of the molecule is COCCn1nc(C)c(N)c1I. The fourth-order valence-corrected chi connectivity index (χ4v) is 1.63. The predicted octanol–water partition coefficient (Wildman–Crippen LogP) is 1.02. The van der Waals surface area contributed by atoms with Crippen molar-refractivity contribution in [2.45, 2.75) is 13.5 Å². The molecule has 0 fully saturated rings. The molecular weight excluding hydrogens is 269 g/mol. The molecule has 0 spiro atoms. The number of aromatic nitrogens is 2. The van der Waals surface area contributed by atoms with E-state index in [0.717, 1.165) is 21.6 Å². The van der Waals surface area contributed by atoms with Crippen LogP contribution in [0.5, 0.6) is 0 Å². The van der Waals surface area contributed by atoms with Gasteiger partial charge in [-0.3, -0.25) is 4.68 Å². The Morgan fingerprint density at radius 1 is 1.67 bits per heavy atom. The van der Waals surface area contributed by atoms with E-state index < -0.39 is 0 Å². The third-order valence-electron chi connectivity index (χ3n) is 1.62. The lowest BCUT2D eigenvalue weighted by atomic mass is 10.4. The summed E-state index contributed by atoms with van der Waals surface area (Å²) in [5.41, 5.74) is 7.40. The summed E-state index contributed by atoms with van der Waals surface area (Å²) in [6.07, 6.45) is 0. The van der Waals surface area contributed by atoms with Crippen LogP contribution in [0, 0.1) is 10.6 Å². The summed E-state index contributed by atoms with van der Waals surface area (Å²) in [5.74, 6) is 0. The van der Waals surface area contributed by atoms with Gasteiger partial charge in [-0.2, -0.15) is 5.10 Å². The van der Waals surface area contributed by atoms with Crippen molar-refractivity contribution in [3.63, 3.8) is 0 Å². The van der Waals surface area contributed by atoms with Gasteiger partial charge >= 0.3 is 0 Å². The minimum absolute atomic E-state index is 0.663. The molecule has 0 unspecified atom stereocenters. The van der Waals surface area contributed by atoms with Gasteiger partial charge < -0.3 is 10.5 Å². The Morgan fingerprint density at radius 2 is 2.33 bits per heavy atom. The highest BCUT2D eigenvalue weighted by molar-refractivity contribution is 14.1. The second-order valence-electron chi connectivity index (χ2n) is 2.51. The molecule has 1 heterocycles. The average Bonchev–Trinajstić information content (AvgIpc) is 2.30. The first-order valence-electron chi connectivity index (χ1n) is 3.64. The molecule has 1 aromatic heterocycles. The van der Waals surface area contributed by atoms with E-state index in [0.29, 0.717) is 6.61 Å². The van der Waals surface area contributed by atoms with Crippen molar-refractivity contribution in [2.75, 3.05) is 19.5 Å². The number of halogens is 1. The van der Waals surface area contributed by atoms with Crippen LogP contribution in [0.25, 0.3) is 0 Å². The van der Waals surface area contributed by atoms with Crippen molar-refractivity contribution in [1.82, 2.24) is 9.78 Å². The molecule has 0 saturated heterocycles. The number of anilines is 1. The van der Waals surface area contributed by atoms with Crippen LogP contribution in [0.15, 0.2) is 0 Å². The van der Waals surface area contributed by atoms with Gasteiger partial charge in [0.15, 0.2) is 0 Å². The van der Waals surface area contributed by atoms with Crippen LogP contribution in [0.3, 0.4) is 0 Å². The van der Waals surface area contributed by atoms with E-state index in [2.05, 4.69) is 27.7 Å². The highest BCUT2D eigenvalue weighted by atomic mass is 127. The molecule has 0 atom stereocenters. The van der Waals surface area contributed by atoms with Gasteiger partial charge in [0.05, 0.1) is 24.5 Å². The molecule has 4 nitrogen and oxygen atoms in total. The lowest BCUT2D eigenvalue weighted by molar-refractivity contribution is 0.182. The average molecular weight is 281 g/mol. The molecule has 0 aliphatic carbocycles. The molecule has 12 heavy (non-hydrogen) atoms. The van der Waals surface area contributed by atoms with Gasteiger partial charge in [-0.15, -0.1) is 0 Å². The quantitative estimate of drug-likeness (QED) is 0.842. The van der Waals surface area contributed by atoms with Crippen molar-refractivity contribution in [3.8, 4) is 0 Å². The minimum Gasteiger partial charge on any atom is -0.395 e. The molecule has 0 saturated carbocycles. The largest absolute Gasteiger partial charge is 0.395 e. The zero-order valence-corrected chi connectivity index (χ0v) is 9.33. The maximum atomic E-state index is 5.74. The second-order valence-corrected chi connectivity index (χ2v) is 3.53. The van der Waals surface area contributed by atoms with Crippen LogP contribution in [-0.4, -0.2) is 23.5 Å². The fraction of sp³-hybridized carbons (Fsp3) is 0.571. The molecule has 1 aromatic rings. The fourth-order valence-electron chi connectivity index (χ4n) is 0.893. The smallest absolute Gasteiger partial charge is 0.122 e. The summed E-state index contributed by atoms with van der Waals surface area (Å²) in [6.45, 7) is 3.32. The lowest BCUT2D eigenvalue weighted by Gasteiger charge is -2.00. The van der Waals surface area contributed by atoms with Gasteiger partial charge in [0.25, 0.3) is 0 Å². The molecule has 1 rings (SSSR count). The van der Waals surface area contributed by atoms with E-state index >= 15 is 0 Å². The number of nitrogen functional groups attached to an aromatic ring is 1. The van der Waals surface area contributed by atoms with Gasteiger partial charge in [-0.05, 0) is 29.5 Å². The van der Waals surface area contributed by atoms with Crippen LogP contribution >= 0.6 is 22.6 Å². The molecule has 0 bridgehead atoms. The molecule has 0 radical (unpaired) electrons. The van der Waals surface area contributed by atoms with Gasteiger partial charge in [0.2, 0.25) is 0 Å². The zero-order chi connectivity index (χ0) is 9.14. The molecular formula is C7H12IN3O. The van der Waals surface area contributed by atoms with Gasteiger partial charge in [-0.1, -0.05) is 0 Å². The number of hydrogen-bond donors (Lipinski definition) is 1. The van der Waals surface area contributed by atoms with Crippen LogP contribution < -0.4 is 5.73 Å². The van der Waals surface area contributed by atoms with E-state index in [-0.39, 0.29) is 0 Å². The number of rotatable bonds is 3. The molecule has 2 N–H and O–H groups in total. The zero-order valence-electron chi connectivity index (χ0n) is 7.17. The molecule has 0 aromatic carbocycles. The molecule has 0 aliphatic rings. The van der Waals surface area contributed by atoms with Crippen molar-refractivity contribution in [2.24, 2.45) is 0 Å². The van der Waals surface area contributed by atoms with Crippen LogP contribution in [-0.2, 0) is 11.3 Å². The third kappa shape index (κ3) is 1.89. The van der Waals surface area contributed by atoms with E-state index in [4.69, 9.17) is 10.5 Å². The number of ether oxygens (including phenoxy) is 1. The first-order chi connectivity index (χ1) is 5.66. The van der Waals surface area contributed by atoms with Crippen molar-refractivity contribution in [1.29, 1.82) is 0 Å². The van der Waals surface area contributed by atoms with Gasteiger partial charge in [0.1, 0.15) is 3.70 Å². The van der Waals surface area contributed by atoms with Crippen molar-refractivity contribution >= 4 is 28.3 Å². The predicted molar refractivity (Wildman–Crippen MR) is 56.0 cm³/mol. The second kappa shape index (κ2) is 4.08. The first-order valence-corrected chi connectivity index (χ1v) is 4.72. The normalized spacial score (nSPS) is 10.6. The summed E-state index contributed by atoms with van der Waals surface area (Å²) in [6, 6.07) is 0. The molecule has 0 aliphatic heterocycles. The van der Waals surface area contributed by atoms with Crippen LogP contribution in [0.1, 0.15) is 5.69 Å². The number of hydrogen-bond acceptors (Lipinski definition) is 3. The maximum Gasteiger partial charge on any atom is 0.122 e. The lowest BCUT2D eigenvalue weighted by Crippen LogP contribution is -2.07. The van der Waals surface area contributed by atoms with E-state index in [1.165, 1.54) is 0 Å². The molecule has 68 valence electrons. The number of aryl methyl sites for hydroxylation is 1. The van der Waals surface area contributed by atoms with Crippen molar-refractivity contribution < 1.29 is 4.74 Å². The number of nitrogens with two attached hydrogens (primary N) is 1. The Kier molecular flexibility index (Phi) is 3.33. The van der Waals surface area contributed by atoms with Gasteiger partial charge in [-0.25, -0.2) is 0 Å². The standard InChI is InChI=1S/C7H12IN3O/c1-5-6(9)7(8)11(10-5)3-4-12-2/h3-4,9H2,1-2H3. The Labute approximate surface area is 85.2 Å². The maximum absolute atomic E-state index is 5.74. The topological polar surface area (TPSA) is 53.1 Å². The Bertz CT molecular complexity index is 272. The minimum atomic E-state index is 0.663. The van der Waals surface area contributed by atoms with Crippen LogP contribution in [0.4, 0.5) is 5.69 Å². The highest BCUT2D eigenvalue weighted by Crippen LogP contribution is 2.17. The summed E-state index contributed by atoms with van der Waals surface area (Å²) < 4.78 is 7.79. The Morgan fingerprint density at radius 3 is 2.75 bits per heavy atom. The monoisotopic (exact) mass is 281 g/mol. The Hall–Kier alpha value is -0.300. The summed E-state index contributed by atoms with van der Waals surface area (Å²) in [7, 11) is 1.67. The van der Waals surface area contributed by atoms with E-state index in [9.17, 15) is 0 Å². The highest BCUT2D eigenvalue weighted by Gasteiger charge is 2.08. The van der Waals surface area contributed by atoms with Gasteiger partial charge in [0, 0.05) is 7.11 Å². The van der Waals surface area contributed by atoms with E-state index in [1.807, 2.05) is 11.6 Å². The number of methoxy groups -OCH3 is 1. The molecule has 5 heteroatoms.